The second-order valence-electron chi connectivity index (χ2n) is 5.76. The molecule has 3 heterocycles. The van der Waals surface area contributed by atoms with Crippen LogP contribution >= 0.6 is 0 Å². The predicted octanol–water partition coefficient (Wildman–Crippen LogP) is 2.23. The van der Waals surface area contributed by atoms with E-state index in [-0.39, 0.29) is 24.2 Å². The summed E-state index contributed by atoms with van der Waals surface area (Å²) in [5, 5.41) is 5.45. The molecule has 0 unspecified atom stereocenters. The lowest BCUT2D eigenvalue weighted by atomic mass is 10.2. The molecular weight excluding hydrogens is 348 g/mol. The Hall–Kier alpha value is -3.81. The van der Waals surface area contributed by atoms with Gasteiger partial charge in [-0.15, -0.1) is 6.58 Å². The maximum atomic E-state index is 12.8. The highest BCUT2D eigenvalue weighted by Crippen LogP contribution is 2.34. The minimum Gasteiger partial charge on any atom is -0.454 e. The van der Waals surface area contributed by atoms with Crippen LogP contribution in [0.15, 0.2) is 55.3 Å². The van der Waals surface area contributed by atoms with E-state index in [0.29, 0.717) is 29.2 Å². The zero-order valence-electron chi connectivity index (χ0n) is 14.3. The van der Waals surface area contributed by atoms with Crippen LogP contribution in [-0.2, 0) is 0 Å². The Bertz CT molecular complexity index is 1060. The highest BCUT2D eigenvalue weighted by molar-refractivity contribution is 6.06. The zero-order chi connectivity index (χ0) is 18.8. The van der Waals surface area contributed by atoms with Crippen LogP contribution in [0.3, 0.4) is 0 Å². The van der Waals surface area contributed by atoms with Crippen LogP contribution < -0.4 is 20.1 Å². The Balaban J connectivity index is 1.65. The number of ether oxygens (including phenoxy) is 2. The standard InChI is InChI=1S/C19H16N4O4/c1-2-8-20-18(24)16-13-5-3-4-9-23(13)17(22-16)19(25)21-12-6-7-14-15(10-12)27-11-26-14/h2-7,9-10H,1,8,11H2,(H,20,24)(H,21,25). The molecule has 136 valence electrons. The quantitative estimate of drug-likeness (QED) is 0.677. The molecule has 0 aliphatic carbocycles. The Kier molecular flexibility index (Phi) is 4.21. The van der Waals surface area contributed by atoms with Gasteiger partial charge in [-0.25, -0.2) is 4.98 Å². The Morgan fingerprint density at radius 1 is 1.19 bits per heavy atom. The number of carbonyl (C=O) groups is 2. The van der Waals surface area contributed by atoms with E-state index in [1.165, 1.54) is 0 Å². The van der Waals surface area contributed by atoms with E-state index in [2.05, 4.69) is 22.2 Å². The van der Waals surface area contributed by atoms with Crippen LogP contribution in [0.4, 0.5) is 5.69 Å². The summed E-state index contributed by atoms with van der Waals surface area (Å²) in [5.74, 6) is 0.469. The van der Waals surface area contributed by atoms with Crippen LogP contribution in [0, 0.1) is 0 Å². The molecule has 1 aliphatic rings. The number of hydrogen-bond acceptors (Lipinski definition) is 5. The molecule has 2 amide bonds. The van der Waals surface area contributed by atoms with Gasteiger partial charge in [-0.05, 0) is 24.3 Å². The number of nitrogens with one attached hydrogen (secondary N) is 2. The highest BCUT2D eigenvalue weighted by Gasteiger charge is 2.22. The lowest BCUT2D eigenvalue weighted by molar-refractivity contribution is 0.0955. The molecule has 1 aromatic carbocycles. The normalized spacial score (nSPS) is 12.0. The average Bonchev–Trinajstić information content (AvgIpc) is 3.30. The molecule has 8 heteroatoms. The molecular formula is C19H16N4O4. The number of rotatable bonds is 5. The van der Waals surface area contributed by atoms with Crippen molar-refractivity contribution in [2.45, 2.75) is 0 Å². The fourth-order valence-electron chi connectivity index (χ4n) is 2.77. The number of carbonyl (C=O) groups excluding carboxylic acids is 2. The first-order valence-corrected chi connectivity index (χ1v) is 8.24. The summed E-state index contributed by atoms with van der Waals surface area (Å²) in [6, 6.07) is 10.4. The molecule has 0 radical (unpaired) electrons. The Labute approximate surface area is 154 Å². The summed E-state index contributed by atoms with van der Waals surface area (Å²) in [7, 11) is 0. The smallest absolute Gasteiger partial charge is 0.292 e. The number of amides is 2. The van der Waals surface area contributed by atoms with E-state index >= 15 is 0 Å². The van der Waals surface area contributed by atoms with E-state index in [9.17, 15) is 9.59 Å². The van der Waals surface area contributed by atoms with E-state index in [1.807, 2.05) is 0 Å². The van der Waals surface area contributed by atoms with E-state index in [0.717, 1.165) is 0 Å². The molecule has 0 atom stereocenters. The average molecular weight is 364 g/mol. The molecule has 2 aromatic heterocycles. The maximum Gasteiger partial charge on any atom is 0.292 e. The molecule has 8 nitrogen and oxygen atoms in total. The van der Waals surface area contributed by atoms with Crippen molar-refractivity contribution in [2.75, 3.05) is 18.7 Å². The first kappa shape index (κ1) is 16.6. The third-order valence-corrected chi connectivity index (χ3v) is 4.00. The molecule has 1 aliphatic heterocycles. The summed E-state index contributed by atoms with van der Waals surface area (Å²) in [4.78, 5) is 29.4. The fraction of sp³-hybridized carbons (Fsp3) is 0.105. The molecule has 0 bridgehead atoms. The van der Waals surface area contributed by atoms with Gasteiger partial charge in [0.1, 0.15) is 0 Å². The van der Waals surface area contributed by atoms with Crippen molar-refractivity contribution in [3.8, 4) is 11.5 Å². The van der Waals surface area contributed by atoms with Gasteiger partial charge in [0, 0.05) is 24.5 Å². The van der Waals surface area contributed by atoms with Crippen molar-refractivity contribution in [1.29, 1.82) is 0 Å². The molecule has 0 spiro atoms. The summed E-state index contributed by atoms with van der Waals surface area (Å²) < 4.78 is 12.1. The second-order valence-corrected chi connectivity index (χ2v) is 5.76. The number of imidazole rings is 1. The van der Waals surface area contributed by atoms with Gasteiger partial charge in [-0.1, -0.05) is 12.1 Å². The molecule has 0 fully saturated rings. The van der Waals surface area contributed by atoms with Crippen LogP contribution in [0.5, 0.6) is 11.5 Å². The summed E-state index contributed by atoms with van der Waals surface area (Å²) in [6.07, 6.45) is 3.25. The number of benzene rings is 1. The molecule has 4 rings (SSSR count). The predicted molar refractivity (Wildman–Crippen MR) is 98.2 cm³/mol. The van der Waals surface area contributed by atoms with Gasteiger partial charge in [0.15, 0.2) is 17.2 Å². The summed E-state index contributed by atoms with van der Waals surface area (Å²) in [6.45, 7) is 4.03. The van der Waals surface area contributed by atoms with Crippen molar-refractivity contribution in [1.82, 2.24) is 14.7 Å². The third-order valence-electron chi connectivity index (χ3n) is 4.00. The molecule has 0 saturated carbocycles. The zero-order valence-corrected chi connectivity index (χ0v) is 14.3. The van der Waals surface area contributed by atoms with Gasteiger partial charge in [0.25, 0.3) is 11.8 Å². The molecule has 0 saturated heterocycles. The largest absolute Gasteiger partial charge is 0.454 e. The minimum atomic E-state index is -0.446. The first-order chi connectivity index (χ1) is 13.2. The topological polar surface area (TPSA) is 94.0 Å². The van der Waals surface area contributed by atoms with Crippen LogP contribution in [0.1, 0.15) is 21.1 Å². The number of aromatic nitrogens is 2. The maximum absolute atomic E-state index is 12.8. The third kappa shape index (κ3) is 3.08. The minimum absolute atomic E-state index is 0.104. The Morgan fingerprint density at radius 2 is 2.04 bits per heavy atom. The van der Waals surface area contributed by atoms with Crippen molar-refractivity contribution in [2.24, 2.45) is 0 Å². The number of anilines is 1. The van der Waals surface area contributed by atoms with Crippen LogP contribution in [0.2, 0.25) is 0 Å². The SMILES string of the molecule is C=CCNC(=O)c1nc(C(=O)Nc2ccc3c(c2)OCO3)n2ccccc12. The lowest BCUT2D eigenvalue weighted by Crippen LogP contribution is -2.24. The van der Waals surface area contributed by atoms with Gasteiger partial charge in [0.2, 0.25) is 12.6 Å². The van der Waals surface area contributed by atoms with E-state index in [4.69, 9.17) is 9.47 Å². The van der Waals surface area contributed by atoms with Gasteiger partial charge in [-0.3, -0.25) is 14.0 Å². The van der Waals surface area contributed by atoms with Crippen molar-refractivity contribution in [3.05, 3.63) is 66.8 Å². The van der Waals surface area contributed by atoms with Gasteiger partial charge in [-0.2, -0.15) is 0 Å². The van der Waals surface area contributed by atoms with E-state index < -0.39 is 5.91 Å². The van der Waals surface area contributed by atoms with Crippen LogP contribution in [-0.4, -0.2) is 34.5 Å². The number of hydrogen-bond donors (Lipinski definition) is 2. The first-order valence-electron chi connectivity index (χ1n) is 8.24. The molecule has 2 N–H and O–H groups in total. The van der Waals surface area contributed by atoms with Crippen molar-refractivity contribution in [3.63, 3.8) is 0 Å². The number of fused-ring (bicyclic) bond motifs is 2. The molecule has 3 aromatic rings. The highest BCUT2D eigenvalue weighted by atomic mass is 16.7. The summed E-state index contributed by atoms with van der Waals surface area (Å²) in [5.41, 5.74) is 1.25. The Morgan fingerprint density at radius 3 is 2.89 bits per heavy atom. The van der Waals surface area contributed by atoms with Gasteiger partial charge < -0.3 is 20.1 Å². The molecule has 27 heavy (non-hydrogen) atoms. The lowest BCUT2D eigenvalue weighted by Gasteiger charge is -2.05. The second kappa shape index (κ2) is 6.83. The number of nitrogens with zero attached hydrogens (tertiary/aromatic N) is 2. The van der Waals surface area contributed by atoms with E-state index in [1.54, 1.807) is 53.1 Å². The fourth-order valence-corrected chi connectivity index (χ4v) is 2.77. The van der Waals surface area contributed by atoms with Gasteiger partial charge >= 0.3 is 0 Å². The monoisotopic (exact) mass is 364 g/mol. The summed E-state index contributed by atoms with van der Waals surface area (Å²) >= 11 is 0. The van der Waals surface area contributed by atoms with Crippen molar-refractivity contribution >= 4 is 23.0 Å². The van der Waals surface area contributed by atoms with Crippen molar-refractivity contribution < 1.29 is 19.1 Å². The van der Waals surface area contributed by atoms with Crippen LogP contribution in [0.25, 0.3) is 5.52 Å². The number of pyridine rings is 1. The van der Waals surface area contributed by atoms with Gasteiger partial charge in [0.05, 0.1) is 5.52 Å².